The molecule has 0 saturated heterocycles. The molecule has 0 radical (unpaired) electrons. The second kappa shape index (κ2) is 12.5. The van der Waals surface area contributed by atoms with E-state index in [9.17, 15) is 0 Å². The van der Waals surface area contributed by atoms with Crippen molar-refractivity contribution in [3.8, 4) is 0 Å². The second-order valence-electron chi connectivity index (χ2n) is 4.85. The van der Waals surface area contributed by atoms with E-state index in [0.29, 0.717) is 0 Å². The van der Waals surface area contributed by atoms with E-state index in [1.54, 1.807) is 0 Å². The smallest absolute Gasteiger partial charge is 0.0181 e. The van der Waals surface area contributed by atoms with Gasteiger partial charge in [-0.1, -0.05) is 76.3 Å². The maximum absolute atomic E-state index is 3.87. The van der Waals surface area contributed by atoms with Crippen molar-refractivity contribution >= 4 is 22.6 Å². The lowest BCUT2D eigenvalue weighted by atomic mass is 10.0. The first-order valence-electron chi connectivity index (χ1n) is 6.93. The summed E-state index contributed by atoms with van der Waals surface area (Å²) in [5.74, 6) is 0. The molecule has 0 aliphatic heterocycles. The van der Waals surface area contributed by atoms with Gasteiger partial charge in [-0.2, -0.15) is 0 Å². The highest BCUT2D eigenvalue weighted by molar-refractivity contribution is 14.1. The molecule has 0 N–H and O–H groups in total. The Balaban J connectivity index is 4.32. The van der Waals surface area contributed by atoms with Crippen molar-refractivity contribution in [3.05, 3.63) is 60.3 Å². The molecule has 0 spiro atoms. The van der Waals surface area contributed by atoms with Crippen LogP contribution < -0.4 is 0 Å². The van der Waals surface area contributed by atoms with Crippen LogP contribution in [0.1, 0.15) is 46.0 Å². The molecule has 0 atom stereocenters. The fourth-order valence-electron chi connectivity index (χ4n) is 1.85. The summed E-state index contributed by atoms with van der Waals surface area (Å²) in [5, 5.41) is 0. The molecule has 106 valence electrons. The number of hydrogen-bond acceptors (Lipinski definition) is 0. The first-order chi connectivity index (χ1) is 9.13. The van der Waals surface area contributed by atoms with Crippen LogP contribution in [0.15, 0.2) is 60.3 Å². The van der Waals surface area contributed by atoms with E-state index in [2.05, 4.69) is 67.8 Å². The van der Waals surface area contributed by atoms with Gasteiger partial charge in [0.2, 0.25) is 0 Å². The predicted molar refractivity (Wildman–Crippen MR) is 98.0 cm³/mol. The molecular weight excluding hydrogens is 343 g/mol. The Bertz CT molecular complexity index is 352. The van der Waals surface area contributed by atoms with Gasteiger partial charge < -0.3 is 0 Å². The topological polar surface area (TPSA) is 0 Å². The molecule has 0 saturated carbocycles. The Kier molecular flexibility index (Phi) is 12.1. The van der Waals surface area contributed by atoms with Crippen molar-refractivity contribution in [3.63, 3.8) is 0 Å². The fraction of sp³-hybridized carbons (Fsp3) is 0.444. The molecule has 0 bridgehead atoms. The summed E-state index contributed by atoms with van der Waals surface area (Å²) < 4.78 is 1.06. The lowest BCUT2D eigenvalue weighted by Gasteiger charge is -2.04. The molecule has 0 aliphatic rings. The van der Waals surface area contributed by atoms with Gasteiger partial charge in [-0.25, -0.2) is 0 Å². The van der Waals surface area contributed by atoms with Crippen LogP contribution in [0.25, 0.3) is 0 Å². The van der Waals surface area contributed by atoms with E-state index in [-0.39, 0.29) is 0 Å². The summed E-state index contributed by atoms with van der Waals surface area (Å²) in [6, 6.07) is 0. The van der Waals surface area contributed by atoms with E-state index < -0.39 is 0 Å². The van der Waals surface area contributed by atoms with Crippen molar-refractivity contribution < 1.29 is 0 Å². The Morgan fingerprint density at radius 3 is 2.21 bits per heavy atom. The summed E-state index contributed by atoms with van der Waals surface area (Å²) in [6.07, 6.45) is 16.4. The lowest BCUT2D eigenvalue weighted by molar-refractivity contribution is 0.899. The number of rotatable bonds is 10. The Labute approximate surface area is 133 Å². The average molecular weight is 370 g/mol. The van der Waals surface area contributed by atoms with Gasteiger partial charge in [0, 0.05) is 4.43 Å². The summed E-state index contributed by atoms with van der Waals surface area (Å²) in [7, 11) is 0. The monoisotopic (exact) mass is 370 g/mol. The molecule has 1 heteroatoms. The van der Waals surface area contributed by atoms with Gasteiger partial charge in [-0.15, -0.1) is 6.58 Å². The average Bonchev–Trinajstić information content (AvgIpc) is 2.37. The largest absolute Gasteiger partial charge is 0.103 e. The van der Waals surface area contributed by atoms with Crippen LogP contribution in [0.5, 0.6) is 0 Å². The van der Waals surface area contributed by atoms with Crippen molar-refractivity contribution in [2.24, 2.45) is 0 Å². The zero-order valence-corrected chi connectivity index (χ0v) is 14.6. The third-order valence-electron chi connectivity index (χ3n) is 2.89. The molecule has 0 aromatic carbocycles. The fourth-order valence-corrected chi connectivity index (χ4v) is 2.41. The molecule has 0 aromatic heterocycles. The highest BCUT2D eigenvalue weighted by Gasteiger charge is 1.96. The number of halogens is 1. The minimum atomic E-state index is 1.01. The summed E-state index contributed by atoms with van der Waals surface area (Å²) in [4.78, 5) is 0. The third-order valence-corrected chi connectivity index (χ3v) is 3.33. The summed E-state index contributed by atoms with van der Waals surface area (Å²) >= 11 is 2.37. The van der Waals surface area contributed by atoms with Crippen molar-refractivity contribution in [2.75, 3.05) is 4.43 Å². The first kappa shape index (κ1) is 18.4. The molecule has 0 aromatic rings. The van der Waals surface area contributed by atoms with Crippen LogP contribution in [0, 0.1) is 0 Å². The molecule has 0 unspecified atom stereocenters. The van der Waals surface area contributed by atoms with Crippen LogP contribution in [0.4, 0.5) is 0 Å². The maximum atomic E-state index is 3.87. The van der Waals surface area contributed by atoms with Gasteiger partial charge in [-0.3, -0.25) is 0 Å². The third kappa shape index (κ3) is 11.0. The van der Waals surface area contributed by atoms with Gasteiger partial charge in [0.1, 0.15) is 0 Å². The molecular formula is C18H27I. The van der Waals surface area contributed by atoms with Crippen LogP contribution in [0.3, 0.4) is 0 Å². The van der Waals surface area contributed by atoms with Crippen molar-refractivity contribution in [1.82, 2.24) is 0 Å². The van der Waals surface area contributed by atoms with Crippen LogP contribution in [-0.2, 0) is 0 Å². The highest BCUT2D eigenvalue weighted by Crippen LogP contribution is 2.16. The van der Waals surface area contributed by atoms with E-state index in [1.807, 2.05) is 12.2 Å². The van der Waals surface area contributed by atoms with E-state index in [0.717, 1.165) is 36.5 Å². The standard InChI is InChI=1S/C18H27I/c1-5-9-18(12-7-10-16(3)4)13-8-11-17(6-2)14-15-19/h5-6,10,13-14H,1-2,7-9,11-12,15H2,3-4H3/b17-14+,18-13+. The zero-order chi connectivity index (χ0) is 14.5. The normalized spacial score (nSPS) is 12.2. The van der Waals surface area contributed by atoms with E-state index >= 15 is 0 Å². The molecule has 0 amide bonds. The molecule has 19 heavy (non-hydrogen) atoms. The van der Waals surface area contributed by atoms with Crippen LogP contribution in [0.2, 0.25) is 0 Å². The summed E-state index contributed by atoms with van der Waals surface area (Å²) in [6.45, 7) is 12.0. The molecule has 0 fully saturated rings. The van der Waals surface area contributed by atoms with Gasteiger partial charge >= 0.3 is 0 Å². The van der Waals surface area contributed by atoms with Gasteiger partial charge in [0.05, 0.1) is 0 Å². The molecule has 0 aliphatic carbocycles. The minimum Gasteiger partial charge on any atom is -0.103 e. The number of alkyl halides is 1. The Hall–Kier alpha value is -0.570. The number of hydrogen-bond donors (Lipinski definition) is 0. The zero-order valence-electron chi connectivity index (χ0n) is 12.4. The Morgan fingerprint density at radius 2 is 1.68 bits per heavy atom. The second-order valence-corrected chi connectivity index (χ2v) is 5.73. The highest BCUT2D eigenvalue weighted by atomic mass is 127. The van der Waals surface area contributed by atoms with E-state index in [4.69, 9.17) is 0 Å². The maximum Gasteiger partial charge on any atom is 0.0181 e. The minimum absolute atomic E-state index is 1.01. The number of allylic oxidation sites excluding steroid dienone is 8. The summed E-state index contributed by atoms with van der Waals surface area (Å²) in [5.41, 5.74) is 4.26. The SMILES string of the molecule is C=CC/C(=C\CC/C(C=C)=C/CI)CCC=C(C)C. The van der Waals surface area contributed by atoms with Crippen LogP contribution in [-0.4, -0.2) is 4.43 Å². The quantitative estimate of drug-likeness (QED) is 0.177. The van der Waals surface area contributed by atoms with Gasteiger partial charge in [0.25, 0.3) is 0 Å². The first-order valence-corrected chi connectivity index (χ1v) is 8.46. The molecule has 0 heterocycles. The Morgan fingerprint density at radius 1 is 1.00 bits per heavy atom. The van der Waals surface area contributed by atoms with Gasteiger partial charge in [-0.05, 0) is 46.0 Å². The van der Waals surface area contributed by atoms with Gasteiger partial charge in [0.15, 0.2) is 0 Å². The van der Waals surface area contributed by atoms with Crippen molar-refractivity contribution in [2.45, 2.75) is 46.0 Å². The predicted octanol–water partition coefficient (Wildman–Crippen LogP) is 6.56. The molecule has 0 rings (SSSR count). The van der Waals surface area contributed by atoms with Crippen molar-refractivity contribution in [1.29, 1.82) is 0 Å². The lowest BCUT2D eigenvalue weighted by Crippen LogP contribution is -1.85. The van der Waals surface area contributed by atoms with Crippen LogP contribution >= 0.6 is 22.6 Å². The van der Waals surface area contributed by atoms with E-state index in [1.165, 1.54) is 16.7 Å². The molecule has 0 nitrogen and oxygen atoms in total.